The van der Waals surface area contributed by atoms with Gasteiger partial charge >= 0.3 is 0 Å². The number of nitrogens with zero attached hydrogens (tertiary/aromatic N) is 1. The van der Waals surface area contributed by atoms with Crippen LogP contribution < -0.4 is 10.1 Å². The number of carbonyl (C=O) groups is 1. The Morgan fingerprint density at radius 3 is 2.26 bits per heavy atom. The second-order valence-electron chi connectivity index (χ2n) is 10.5. The predicted octanol–water partition coefficient (Wildman–Crippen LogP) is 5.66. The number of ether oxygens (including phenoxy) is 1. The molecule has 1 saturated carbocycles. The molecule has 4 rings (SSSR count). The van der Waals surface area contributed by atoms with E-state index in [1.807, 2.05) is 30.3 Å². The van der Waals surface area contributed by atoms with Gasteiger partial charge in [0.1, 0.15) is 12.0 Å². The number of rotatable bonds is 9. The normalized spacial score (nSPS) is 31.3. The van der Waals surface area contributed by atoms with Gasteiger partial charge in [0.25, 0.3) is 0 Å². The fourth-order valence-corrected chi connectivity index (χ4v) is 6.61. The summed E-state index contributed by atoms with van der Waals surface area (Å²) >= 11 is 0. The summed E-state index contributed by atoms with van der Waals surface area (Å²) < 4.78 is 5.27. The Morgan fingerprint density at radius 1 is 1.00 bits per heavy atom. The Hall–Kier alpha value is -2.72. The van der Waals surface area contributed by atoms with E-state index in [0.29, 0.717) is 18.9 Å². The van der Waals surface area contributed by atoms with Crippen molar-refractivity contribution in [3.05, 3.63) is 76.9 Å². The third-order valence-electron chi connectivity index (χ3n) is 9.23. The molecule has 0 heterocycles. The zero-order valence-corrected chi connectivity index (χ0v) is 21.3. The number of hydrogen-bond acceptors (Lipinski definition) is 4. The molecule has 2 aromatic rings. The minimum Gasteiger partial charge on any atom is -0.497 e. The van der Waals surface area contributed by atoms with Crippen LogP contribution >= 0.6 is 0 Å². The van der Waals surface area contributed by atoms with Gasteiger partial charge in [-0.15, -0.1) is 0 Å². The molecule has 34 heavy (non-hydrogen) atoms. The Labute approximate surface area is 204 Å². The van der Waals surface area contributed by atoms with Gasteiger partial charge in [0.05, 0.1) is 19.7 Å². The van der Waals surface area contributed by atoms with Gasteiger partial charge in [-0.2, -0.15) is 0 Å². The molecule has 1 N–H and O–H groups in total. The molecule has 2 aliphatic rings. The van der Waals surface area contributed by atoms with Crippen LogP contribution in [0, 0.1) is 22.7 Å². The molecule has 4 nitrogen and oxygen atoms in total. The van der Waals surface area contributed by atoms with Gasteiger partial charge in [0, 0.05) is 29.0 Å². The predicted molar refractivity (Wildman–Crippen MR) is 139 cm³/mol. The SMILES string of the molecule is COc1ccc(C/N=C/C2C(N[C@H](C=O)Cc3ccccc3)C3(C)C(C)=C(C)C2(C)C3C)cc1. The molecule has 2 bridgehead atoms. The third-order valence-corrected chi connectivity index (χ3v) is 9.23. The van der Waals surface area contributed by atoms with Gasteiger partial charge in [-0.05, 0) is 49.4 Å². The Kier molecular flexibility index (Phi) is 6.82. The summed E-state index contributed by atoms with van der Waals surface area (Å²) in [7, 11) is 1.68. The van der Waals surface area contributed by atoms with Crippen LogP contribution in [0.25, 0.3) is 0 Å². The first-order valence-electron chi connectivity index (χ1n) is 12.3. The lowest BCUT2D eigenvalue weighted by atomic mass is 9.69. The highest BCUT2D eigenvalue weighted by molar-refractivity contribution is 5.69. The Bertz CT molecular complexity index is 1070. The van der Waals surface area contributed by atoms with E-state index in [0.717, 1.165) is 17.6 Å². The van der Waals surface area contributed by atoms with Crippen LogP contribution in [0.1, 0.15) is 45.7 Å². The van der Waals surface area contributed by atoms with E-state index < -0.39 is 0 Å². The highest BCUT2D eigenvalue weighted by atomic mass is 16.5. The number of hydrogen-bond donors (Lipinski definition) is 1. The first-order valence-corrected chi connectivity index (χ1v) is 12.3. The largest absolute Gasteiger partial charge is 0.497 e. The van der Waals surface area contributed by atoms with E-state index >= 15 is 0 Å². The molecule has 6 atom stereocenters. The number of methoxy groups -OCH3 is 1. The first-order chi connectivity index (χ1) is 16.3. The summed E-state index contributed by atoms with van der Waals surface area (Å²) in [6.07, 6.45) is 3.94. The summed E-state index contributed by atoms with van der Waals surface area (Å²) in [6.45, 7) is 12.3. The van der Waals surface area contributed by atoms with Gasteiger partial charge in [0.15, 0.2) is 0 Å². The second kappa shape index (κ2) is 9.50. The van der Waals surface area contributed by atoms with Crippen LogP contribution in [0.5, 0.6) is 5.75 Å². The highest BCUT2D eigenvalue weighted by Crippen LogP contribution is 2.69. The number of benzene rings is 2. The Morgan fingerprint density at radius 2 is 1.65 bits per heavy atom. The van der Waals surface area contributed by atoms with Gasteiger partial charge in [-0.3, -0.25) is 4.99 Å². The van der Waals surface area contributed by atoms with Gasteiger partial charge < -0.3 is 14.8 Å². The number of allylic oxidation sites excluding steroid dienone is 1. The van der Waals surface area contributed by atoms with Crippen molar-refractivity contribution in [1.82, 2.24) is 5.32 Å². The molecule has 180 valence electrons. The topological polar surface area (TPSA) is 50.7 Å². The zero-order chi connectivity index (χ0) is 24.5. The molecule has 0 spiro atoms. The van der Waals surface area contributed by atoms with Crippen LogP contribution in [0.15, 0.2) is 70.7 Å². The van der Waals surface area contributed by atoms with Crippen LogP contribution in [0.3, 0.4) is 0 Å². The smallest absolute Gasteiger partial charge is 0.137 e. The molecule has 2 aromatic carbocycles. The molecule has 2 aliphatic carbocycles. The van der Waals surface area contributed by atoms with Crippen molar-refractivity contribution >= 4 is 12.5 Å². The zero-order valence-electron chi connectivity index (χ0n) is 21.3. The van der Waals surface area contributed by atoms with Crippen molar-refractivity contribution in [2.45, 2.75) is 59.7 Å². The average Bonchev–Trinajstić information content (AvgIpc) is 3.10. The number of aliphatic imine (C=N–C) groups is 1. The van der Waals surface area contributed by atoms with E-state index in [9.17, 15) is 4.79 Å². The summed E-state index contributed by atoms with van der Waals surface area (Å²) in [5, 5.41) is 3.80. The van der Waals surface area contributed by atoms with E-state index in [4.69, 9.17) is 9.73 Å². The van der Waals surface area contributed by atoms with Crippen LogP contribution in [-0.4, -0.2) is 31.7 Å². The maximum atomic E-state index is 12.2. The Balaban J connectivity index is 1.61. The molecular formula is C30H38N2O2. The second-order valence-corrected chi connectivity index (χ2v) is 10.5. The summed E-state index contributed by atoms with van der Waals surface area (Å²) in [6, 6.07) is 18.3. The van der Waals surface area contributed by atoms with E-state index in [2.05, 4.69) is 70.4 Å². The molecule has 5 unspecified atom stereocenters. The quantitative estimate of drug-likeness (QED) is 0.300. The number of nitrogens with one attached hydrogen (secondary N) is 1. The van der Waals surface area contributed by atoms with Crippen LogP contribution in [-0.2, 0) is 17.8 Å². The van der Waals surface area contributed by atoms with Crippen LogP contribution in [0.2, 0.25) is 0 Å². The van der Waals surface area contributed by atoms with Crippen molar-refractivity contribution in [2.75, 3.05) is 7.11 Å². The third kappa shape index (κ3) is 3.92. The maximum absolute atomic E-state index is 12.2. The van der Waals surface area contributed by atoms with Gasteiger partial charge in [-0.1, -0.05) is 74.4 Å². The monoisotopic (exact) mass is 458 g/mol. The molecule has 0 amide bonds. The standard InChI is InChI=1S/C30H38N2O2/c1-20-21(2)30(5)22(3)29(20,4)27(18-31-17-24-12-14-26(34-6)15-13-24)28(30)32-25(19-33)16-23-10-8-7-9-11-23/h7-15,18-19,22,25,27-28,32H,16-17H2,1-6H3/b31-18+/t22?,25-,27?,28?,29?,30?/m0/s1. The minimum absolute atomic E-state index is 0.0140. The average molecular weight is 459 g/mol. The lowest BCUT2D eigenvalue weighted by Gasteiger charge is -2.42. The molecule has 0 saturated heterocycles. The lowest BCUT2D eigenvalue weighted by molar-refractivity contribution is -0.110. The summed E-state index contributed by atoms with van der Waals surface area (Å²) in [5.74, 6) is 1.53. The van der Waals surface area contributed by atoms with Gasteiger partial charge in [0.2, 0.25) is 0 Å². The van der Waals surface area contributed by atoms with Crippen molar-refractivity contribution in [2.24, 2.45) is 27.7 Å². The molecule has 4 heteroatoms. The molecular weight excluding hydrogens is 420 g/mol. The van der Waals surface area contributed by atoms with Crippen molar-refractivity contribution in [3.8, 4) is 5.75 Å². The van der Waals surface area contributed by atoms with Crippen molar-refractivity contribution in [1.29, 1.82) is 0 Å². The summed E-state index contributed by atoms with van der Waals surface area (Å²) in [5.41, 5.74) is 5.27. The first kappa shape index (κ1) is 24.4. The summed E-state index contributed by atoms with van der Waals surface area (Å²) in [4.78, 5) is 17.1. The molecule has 0 aromatic heterocycles. The van der Waals surface area contributed by atoms with E-state index in [1.165, 1.54) is 16.7 Å². The van der Waals surface area contributed by atoms with Crippen LogP contribution in [0.4, 0.5) is 0 Å². The molecule has 0 aliphatic heterocycles. The van der Waals surface area contributed by atoms with Crippen molar-refractivity contribution < 1.29 is 9.53 Å². The van der Waals surface area contributed by atoms with E-state index in [1.54, 1.807) is 7.11 Å². The van der Waals surface area contributed by atoms with Gasteiger partial charge in [-0.25, -0.2) is 0 Å². The number of fused-ring (bicyclic) bond motifs is 2. The number of aldehydes is 1. The molecule has 0 radical (unpaired) electrons. The lowest BCUT2D eigenvalue weighted by Crippen LogP contribution is -2.53. The maximum Gasteiger partial charge on any atom is 0.137 e. The molecule has 1 fully saturated rings. The fraction of sp³-hybridized carbons (Fsp3) is 0.467. The highest BCUT2D eigenvalue weighted by Gasteiger charge is 2.67. The fourth-order valence-electron chi connectivity index (χ4n) is 6.61. The minimum atomic E-state index is -0.232. The van der Waals surface area contributed by atoms with E-state index in [-0.39, 0.29) is 28.8 Å². The van der Waals surface area contributed by atoms with Crippen molar-refractivity contribution in [3.63, 3.8) is 0 Å². The number of carbonyl (C=O) groups excluding carboxylic acids is 1.